The molecule has 1 rings (SSSR count). The Morgan fingerprint density at radius 3 is 3.00 bits per heavy atom. The van der Waals surface area contributed by atoms with Gasteiger partial charge in [-0.2, -0.15) is 0 Å². The SMILES string of the molecule is COC1C=CC(CI)=CC1. The van der Waals surface area contributed by atoms with E-state index in [0.717, 1.165) is 10.8 Å². The minimum absolute atomic E-state index is 0.312. The summed E-state index contributed by atoms with van der Waals surface area (Å²) in [7, 11) is 1.75. The second-order valence-electron chi connectivity index (χ2n) is 2.28. The van der Waals surface area contributed by atoms with Crippen LogP contribution < -0.4 is 0 Å². The number of ether oxygens (including phenoxy) is 1. The van der Waals surface area contributed by atoms with Crippen molar-refractivity contribution in [1.29, 1.82) is 0 Å². The molecule has 0 radical (unpaired) electrons. The highest BCUT2D eigenvalue weighted by Crippen LogP contribution is 2.13. The summed E-state index contributed by atoms with van der Waals surface area (Å²) in [6.07, 6.45) is 7.84. The maximum Gasteiger partial charge on any atom is 0.0789 e. The summed E-state index contributed by atoms with van der Waals surface area (Å²) in [5.41, 5.74) is 1.41. The van der Waals surface area contributed by atoms with Crippen LogP contribution in [0.2, 0.25) is 0 Å². The van der Waals surface area contributed by atoms with Gasteiger partial charge >= 0.3 is 0 Å². The van der Waals surface area contributed by atoms with E-state index in [1.807, 2.05) is 0 Å². The van der Waals surface area contributed by atoms with Crippen LogP contribution in [0.5, 0.6) is 0 Å². The quantitative estimate of drug-likeness (QED) is 0.539. The average molecular weight is 250 g/mol. The average Bonchev–Trinajstić information content (AvgIpc) is 2.05. The number of alkyl halides is 1. The smallest absolute Gasteiger partial charge is 0.0789 e. The van der Waals surface area contributed by atoms with E-state index in [0.29, 0.717) is 6.10 Å². The van der Waals surface area contributed by atoms with Crippen LogP contribution in [0.3, 0.4) is 0 Å². The number of methoxy groups -OCH3 is 1. The van der Waals surface area contributed by atoms with Gasteiger partial charge in [-0.15, -0.1) is 0 Å². The van der Waals surface area contributed by atoms with E-state index >= 15 is 0 Å². The number of hydrogen-bond acceptors (Lipinski definition) is 1. The first-order chi connectivity index (χ1) is 4.86. The van der Waals surface area contributed by atoms with Crippen molar-refractivity contribution < 1.29 is 4.74 Å². The van der Waals surface area contributed by atoms with Crippen molar-refractivity contribution in [3.8, 4) is 0 Å². The Balaban J connectivity index is 2.46. The molecule has 0 aromatic carbocycles. The van der Waals surface area contributed by atoms with E-state index in [2.05, 4.69) is 40.8 Å². The molecule has 0 amide bonds. The topological polar surface area (TPSA) is 9.23 Å². The molecule has 1 atom stereocenters. The molecule has 0 aliphatic heterocycles. The van der Waals surface area contributed by atoms with Crippen molar-refractivity contribution in [3.05, 3.63) is 23.8 Å². The van der Waals surface area contributed by atoms with Crippen molar-refractivity contribution in [2.75, 3.05) is 11.5 Å². The monoisotopic (exact) mass is 250 g/mol. The van der Waals surface area contributed by atoms with E-state index < -0.39 is 0 Å². The van der Waals surface area contributed by atoms with Gasteiger partial charge in [-0.25, -0.2) is 0 Å². The molecule has 0 bridgehead atoms. The fourth-order valence-electron chi connectivity index (χ4n) is 0.919. The zero-order valence-corrected chi connectivity index (χ0v) is 8.17. The van der Waals surface area contributed by atoms with Gasteiger partial charge in [0, 0.05) is 11.5 Å². The Bertz CT molecular complexity index is 161. The second-order valence-corrected chi connectivity index (χ2v) is 3.04. The largest absolute Gasteiger partial charge is 0.377 e. The van der Waals surface area contributed by atoms with E-state index in [9.17, 15) is 0 Å². The molecule has 0 saturated heterocycles. The van der Waals surface area contributed by atoms with Crippen LogP contribution in [0.4, 0.5) is 0 Å². The molecular formula is C8H11IO. The Kier molecular flexibility index (Phi) is 3.42. The lowest BCUT2D eigenvalue weighted by Crippen LogP contribution is -2.08. The lowest BCUT2D eigenvalue weighted by molar-refractivity contribution is 0.142. The highest BCUT2D eigenvalue weighted by Gasteiger charge is 2.04. The van der Waals surface area contributed by atoms with Crippen LogP contribution in [-0.2, 0) is 4.74 Å². The Morgan fingerprint density at radius 2 is 2.60 bits per heavy atom. The molecule has 1 unspecified atom stereocenters. The van der Waals surface area contributed by atoms with E-state index in [-0.39, 0.29) is 0 Å². The van der Waals surface area contributed by atoms with Crippen molar-refractivity contribution in [3.63, 3.8) is 0 Å². The molecule has 1 aliphatic rings. The van der Waals surface area contributed by atoms with Gasteiger partial charge < -0.3 is 4.74 Å². The summed E-state index contributed by atoms with van der Waals surface area (Å²) >= 11 is 2.37. The molecule has 2 heteroatoms. The number of hydrogen-bond donors (Lipinski definition) is 0. The summed E-state index contributed by atoms with van der Waals surface area (Å²) in [4.78, 5) is 0. The molecule has 0 aromatic rings. The fraction of sp³-hybridized carbons (Fsp3) is 0.500. The Hall–Kier alpha value is 0.170. The third-order valence-electron chi connectivity index (χ3n) is 1.59. The molecule has 10 heavy (non-hydrogen) atoms. The van der Waals surface area contributed by atoms with Crippen molar-refractivity contribution in [2.45, 2.75) is 12.5 Å². The molecule has 0 N–H and O–H groups in total. The molecule has 56 valence electrons. The zero-order chi connectivity index (χ0) is 7.40. The van der Waals surface area contributed by atoms with Crippen LogP contribution in [0, 0.1) is 0 Å². The van der Waals surface area contributed by atoms with Gasteiger partial charge in [0.25, 0.3) is 0 Å². The van der Waals surface area contributed by atoms with Gasteiger partial charge in [0.05, 0.1) is 6.10 Å². The lowest BCUT2D eigenvalue weighted by atomic mass is 10.1. The minimum atomic E-state index is 0.312. The lowest BCUT2D eigenvalue weighted by Gasteiger charge is -2.12. The predicted molar refractivity (Wildman–Crippen MR) is 51.5 cm³/mol. The maximum absolute atomic E-state index is 5.15. The van der Waals surface area contributed by atoms with Gasteiger partial charge in [-0.05, 0) is 12.0 Å². The molecule has 0 heterocycles. The minimum Gasteiger partial charge on any atom is -0.377 e. The third kappa shape index (κ3) is 2.09. The highest BCUT2D eigenvalue weighted by atomic mass is 127. The predicted octanol–water partition coefficient (Wildman–Crippen LogP) is 2.32. The number of rotatable bonds is 2. The van der Waals surface area contributed by atoms with Crippen molar-refractivity contribution >= 4 is 22.6 Å². The van der Waals surface area contributed by atoms with Gasteiger partial charge in [-0.1, -0.05) is 40.8 Å². The summed E-state index contributed by atoms with van der Waals surface area (Å²) in [5, 5.41) is 0. The summed E-state index contributed by atoms with van der Waals surface area (Å²) < 4.78 is 6.25. The normalized spacial score (nSPS) is 24.6. The molecule has 0 saturated carbocycles. The summed E-state index contributed by atoms with van der Waals surface area (Å²) in [5.74, 6) is 0. The second kappa shape index (κ2) is 4.13. The maximum atomic E-state index is 5.15. The van der Waals surface area contributed by atoms with Crippen LogP contribution in [0.15, 0.2) is 23.8 Å². The van der Waals surface area contributed by atoms with Crippen LogP contribution in [-0.4, -0.2) is 17.6 Å². The van der Waals surface area contributed by atoms with Crippen LogP contribution >= 0.6 is 22.6 Å². The van der Waals surface area contributed by atoms with Crippen LogP contribution in [0.1, 0.15) is 6.42 Å². The van der Waals surface area contributed by atoms with Gasteiger partial charge in [-0.3, -0.25) is 0 Å². The summed E-state index contributed by atoms with van der Waals surface area (Å²) in [6.45, 7) is 0. The van der Waals surface area contributed by atoms with Crippen LogP contribution in [0.25, 0.3) is 0 Å². The standard InChI is InChI=1S/C8H11IO/c1-10-8-4-2-7(6-9)3-5-8/h2-4,8H,5-6H2,1H3. The Morgan fingerprint density at radius 1 is 1.80 bits per heavy atom. The third-order valence-corrected chi connectivity index (χ3v) is 2.48. The first-order valence-electron chi connectivity index (χ1n) is 3.33. The van der Waals surface area contributed by atoms with Gasteiger partial charge in [0.15, 0.2) is 0 Å². The number of halogens is 1. The zero-order valence-electron chi connectivity index (χ0n) is 6.01. The Labute approximate surface area is 75.3 Å². The summed E-state index contributed by atoms with van der Waals surface area (Å²) in [6, 6.07) is 0. The molecule has 0 spiro atoms. The van der Waals surface area contributed by atoms with Crippen molar-refractivity contribution in [1.82, 2.24) is 0 Å². The van der Waals surface area contributed by atoms with Crippen molar-refractivity contribution in [2.24, 2.45) is 0 Å². The molecular weight excluding hydrogens is 239 g/mol. The van der Waals surface area contributed by atoms with Gasteiger partial charge in [0.2, 0.25) is 0 Å². The van der Waals surface area contributed by atoms with E-state index in [4.69, 9.17) is 4.74 Å². The fourth-order valence-corrected chi connectivity index (χ4v) is 1.48. The molecule has 1 aliphatic carbocycles. The van der Waals surface area contributed by atoms with E-state index in [1.54, 1.807) is 7.11 Å². The molecule has 1 nitrogen and oxygen atoms in total. The van der Waals surface area contributed by atoms with E-state index in [1.165, 1.54) is 5.57 Å². The van der Waals surface area contributed by atoms with Gasteiger partial charge in [0.1, 0.15) is 0 Å². The first-order valence-corrected chi connectivity index (χ1v) is 4.85. The highest BCUT2D eigenvalue weighted by molar-refractivity contribution is 14.1. The number of allylic oxidation sites excluding steroid dienone is 2. The first kappa shape index (κ1) is 8.27. The molecule has 0 fully saturated rings. The molecule has 0 aromatic heterocycles.